The minimum Gasteiger partial charge on any atom is -0.342 e. The molecule has 0 aliphatic carbocycles. The third-order valence-electron chi connectivity index (χ3n) is 4.37. The predicted octanol–water partition coefficient (Wildman–Crippen LogP) is -0.0283. The van der Waals surface area contributed by atoms with Gasteiger partial charge in [-0.3, -0.25) is 24.1 Å². The maximum absolute atomic E-state index is 12.5. The highest BCUT2D eigenvalue weighted by Crippen LogP contribution is 2.22. The third-order valence-corrected chi connectivity index (χ3v) is 4.37. The maximum Gasteiger partial charge on any atom is 0.262 e. The van der Waals surface area contributed by atoms with Crippen LogP contribution in [0, 0.1) is 0 Å². The lowest BCUT2D eigenvalue weighted by molar-refractivity contribution is -0.149. The molecule has 0 bridgehead atoms. The van der Waals surface area contributed by atoms with E-state index in [1.807, 2.05) is 0 Å². The Morgan fingerprint density at radius 3 is 2.22 bits per heavy atom. The normalized spacial score (nSPS) is 21.0. The Balaban J connectivity index is 1.76. The van der Waals surface area contributed by atoms with Crippen molar-refractivity contribution in [2.45, 2.75) is 13.0 Å². The Kier molecular flexibility index (Phi) is 3.63. The topological polar surface area (TPSA) is 78.0 Å². The molecule has 0 saturated carbocycles. The van der Waals surface area contributed by atoms with E-state index in [2.05, 4.69) is 0 Å². The van der Waals surface area contributed by atoms with Crippen LogP contribution in [-0.4, -0.2) is 71.1 Å². The van der Waals surface area contributed by atoms with Crippen molar-refractivity contribution in [1.82, 2.24) is 14.7 Å². The van der Waals surface area contributed by atoms with Crippen molar-refractivity contribution in [2.24, 2.45) is 0 Å². The van der Waals surface area contributed by atoms with Crippen LogP contribution in [0.2, 0.25) is 0 Å². The Morgan fingerprint density at radius 2 is 1.65 bits per heavy atom. The molecule has 1 fully saturated rings. The first kappa shape index (κ1) is 15.2. The third kappa shape index (κ3) is 2.38. The molecule has 2 heterocycles. The fraction of sp³-hybridized carbons (Fsp3) is 0.375. The van der Waals surface area contributed by atoms with Crippen LogP contribution in [0.25, 0.3) is 0 Å². The molecule has 1 aromatic rings. The number of carbonyl (C=O) groups excluding carboxylic acids is 4. The lowest BCUT2D eigenvalue weighted by Gasteiger charge is -2.37. The van der Waals surface area contributed by atoms with Gasteiger partial charge in [-0.1, -0.05) is 12.1 Å². The SMILES string of the molecule is CC1C(=O)N(C)CCN1C(=O)CN1C(=O)c2ccccc2C1=O. The van der Waals surface area contributed by atoms with Gasteiger partial charge < -0.3 is 9.80 Å². The van der Waals surface area contributed by atoms with Gasteiger partial charge in [0, 0.05) is 20.1 Å². The van der Waals surface area contributed by atoms with E-state index in [4.69, 9.17) is 0 Å². The molecule has 7 nitrogen and oxygen atoms in total. The molecule has 120 valence electrons. The molecule has 0 spiro atoms. The number of likely N-dealkylation sites (N-methyl/N-ethyl adjacent to an activating group) is 1. The summed E-state index contributed by atoms with van der Waals surface area (Å²) < 4.78 is 0. The van der Waals surface area contributed by atoms with Gasteiger partial charge in [0.2, 0.25) is 11.8 Å². The number of rotatable bonds is 2. The molecule has 3 rings (SSSR count). The van der Waals surface area contributed by atoms with Crippen molar-refractivity contribution < 1.29 is 19.2 Å². The number of hydrogen-bond acceptors (Lipinski definition) is 4. The van der Waals surface area contributed by atoms with E-state index >= 15 is 0 Å². The van der Waals surface area contributed by atoms with E-state index < -0.39 is 23.8 Å². The van der Waals surface area contributed by atoms with Crippen molar-refractivity contribution in [2.75, 3.05) is 26.7 Å². The first-order chi connectivity index (χ1) is 10.9. The molecular weight excluding hydrogens is 298 g/mol. The van der Waals surface area contributed by atoms with Crippen LogP contribution < -0.4 is 0 Å². The van der Waals surface area contributed by atoms with Crippen molar-refractivity contribution >= 4 is 23.6 Å². The summed E-state index contributed by atoms with van der Waals surface area (Å²) in [7, 11) is 1.69. The van der Waals surface area contributed by atoms with Gasteiger partial charge in [0.15, 0.2) is 0 Å². The van der Waals surface area contributed by atoms with Gasteiger partial charge in [0.05, 0.1) is 11.1 Å². The summed E-state index contributed by atoms with van der Waals surface area (Å²) in [4.78, 5) is 52.9. The number of fused-ring (bicyclic) bond motifs is 1. The first-order valence-corrected chi connectivity index (χ1v) is 7.41. The number of hydrogen-bond donors (Lipinski definition) is 0. The summed E-state index contributed by atoms with van der Waals surface area (Å²) >= 11 is 0. The van der Waals surface area contributed by atoms with Gasteiger partial charge in [-0.05, 0) is 19.1 Å². The van der Waals surface area contributed by atoms with Gasteiger partial charge in [0.1, 0.15) is 12.6 Å². The Bertz CT molecular complexity index is 680. The number of carbonyl (C=O) groups is 4. The molecule has 23 heavy (non-hydrogen) atoms. The van der Waals surface area contributed by atoms with Crippen molar-refractivity contribution in [3.63, 3.8) is 0 Å². The van der Waals surface area contributed by atoms with Gasteiger partial charge in [-0.15, -0.1) is 0 Å². The minimum absolute atomic E-state index is 0.146. The zero-order chi connectivity index (χ0) is 16.7. The summed E-state index contributed by atoms with van der Waals surface area (Å²) in [6, 6.07) is 5.91. The molecule has 1 aromatic carbocycles. The monoisotopic (exact) mass is 315 g/mol. The number of piperazine rings is 1. The number of imide groups is 1. The Hall–Kier alpha value is -2.70. The minimum atomic E-state index is -0.587. The van der Waals surface area contributed by atoms with E-state index in [-0.39, 0.29) is 12.5 Å². The smallest absolute Gasteiger partial charge is 0.262 e. The second kappa shape index (κ2) is 5.49. The van der Waals surface area contributed by atoms with Gasteiger partial charge >= 0.3 is 0 Å². The lowest BCUT2D eigenvalue weighted by Crippen LogP contribution is -2.58. The molecule has 7 heteroatoms. The zero-order valence-corrected chi connectivity index (χ0v) is 13.0. The quantitative estimate of drug-likeness (QED) is 0.718. The largest absolute Gasteiger partial charge is 0.342 e. The van der Waals surface area contributed by atoms with Crippen LogP contribution >= 0.6 is 0 Å². The van der Waals surface area contributed by atoms with Crippen LogP contribution in [0.15, 0.2) is 24.3 Å². The second-order valence-corrected chi connectivity index (χ2v) is 5.76. The summed E-state index contributed by atoms with van der Waals surface area (Å²) in [6.45, 7) is 2.15. The fourth-order valence-electron chi connectivity index (χ4n) is 2.96. The lowest BCUT2D eigenvalue weighted by atomic mass is 10.1. The highest BCUT2D eigenvalue weighted by molar-refractivity contribution is 6.22. The summed E-state index contributed by atoms with van der Waals surface area (Å²) in [5.74, 6) is -1.47. The Morgan fingerprint density at radius 1 is 1.09 bits per heavy atom. The van der Waals surface area contributed by atoms with E-state index in [0.29, 0.717) is 24.2 Å². The van der Waals surface area contributed by atoms with Crippen LogP contribution in [0.1, 0.15) is 27.6 Å². The zero-order valence-electron chi connectivity index (χ0n) is 13.0. The molecule has 4 amide bonds. The summed E-state index contributed by atoms with van der Waals surface area (Å²) in [5, 5.41) is 0. The van der Waals surface area contributed by atoms with E-state index in [1.54, 1.807) is 43.1 Å². The fourth-order valence-corrected chi connectivity index (χ4v) is 2.96. The first-order valence-electron chi connectivity index (χ1n) is 7.41. The number of nitrogens with zero attached hydrogens (tertiary/aromatic N) is 3. The molecule has 0 aromatic heterocycles. The van der Waals surface area contributed by atoms with Crippen LogP contribution in [-0.2, 0) is 9.59 Å². The Labute approximate surface area is 133 Å². The number of amides is 4. The van der Waals surface area contributed by atoms with E-state index in [0.717, 1.165) is 4.90 Å². The summed E-state index contributed by atoms with van der Waals surface area (Å²) in [5.41, 5.74) is 0.626. The molecule has 1 saturated heterocycles. The maximum atomic E-state index is 12.5. The second-order valence-electron chi connectivity index (χ2n) is 5.76. The summed E-state index contributed by atoms with van der Waals surface area (Å²) in [6.07, 6.45) is 0. The molecule has 0 radical (unpaired) electrons. The van der Waals surface area contributed by atoms with Gasteiger partial charge in [-0.25, -0.2) is 0 Å². The van der Waals surface area contributed by atoms with Gasteiger partial charge in [0.25, 0.3) is 11.8 Å². The van der Waals surface area contributed by atoms with Crippen LogP contribution in [0.3, 0.4) is 0 Å². The van der Waals surface area contributed by atoms with Crippen molar-refractivity contribution in [1.29, 1.82) is 0 Å². The van der Waals surface area contributed by atoms with Gasteiger partial charge in [-0.2, -0.15) is 0 Å². The molecular formula is C16H17N3O4. The molecule has 1 unspecified atom stereocenters. The van der Waals surface area contributed by atoms with Crippen molar-refractivity contribution in [3.8, 4) is 0 Å². The highest BCUT2D eigenvalue weighted by Gasteiger charge is 2.39. The van der Waals surface area contributed by atoms with E-state index in [9.17, 15) is 19.2 Å². The predicted molar refractivity (Wildman–Crippen MR) is 80.6 cm³/mol. The number of benzene rings is 1. The van der Waals surface area contributed by atoms with Crippen molar-refractivity contribution in [3.05, 3.63) is 35.4 Å². The molecule has 1 atom stereocenters. The molecule has 0 N–H and O–H groups in total. The average Bonchev–Trinajstić information content (AvgIpc) is 2.78. The molecule has 2 aliphatic heterocycles. The standard InChI is InChI=1S/C16H17N3O4/c1-10-14(21)17(2)7-8-18(10)13(20)9-19-15(22)11-5-3-4-6-12(11)16(19)23/h3-6,10H,7-9H2,1-2H3. The van der Waals surface area contributed by atoms with Crippen LogP contribution in [0.4, 0.5) is 0 Å². The highest BCUT2D eigenvalue weighted by atomic mass is 16.2. The van der Waals surface area contributed by atoms with Crippen LogP contribution in [0.5, 0.6) is 0 Å². The molecule has 2 aliphatic rings. The van der Waals surface area contributed by atoms with E-state index in [1.165, 1.54) is 4.90 Å². The average molecular weight is 315 g/mol.